The van der Waals surface area contributed by atoms with Gasteiger partial charge in [-0.25, -0.2) is 13.9 Å². The largest absolute Gasteiger partial charge is 0.416 e. The van der Waals surface area contributed by atoms with Crippen LogP contribution in [-0.4, -0.2) is 31.8 Å². The standard InChI is InChI=1S/C17H15F3N2O4S/c18-17(19,20)13-3-1-2-11(8-13)10-22-6-7-27(25,26)15-5-4-12(9-14(15)22)16(23)21-24/h1-5,8-9,24H,6-7,10H2,(H,21,23). The number of benzene rings is 2. The Morgan fingerprint density at radius 3 is 2.59 bits per heavy atom. The number of halogens is 3. The number of hydrogen-bond donors (Lipinski definition) is 2. The van der Waals surface area contributed by atoms with Crippen LogP contribution in [-0.2, 0) is 22.6 Å². The van der Waals surface area contributed by atoms with Crippen molar-refractivity contribution in [2.24, 2.45) is 0 Å². The Morgan fingerprint density at radius 1 is 1.19 bits per heavy atom. The highest BCUT2D eigenvalue weighted by Gasteiger charge is 2.32. The monoisotopic (exact) mass is 400 g/mol. The maximum absolute atomic E-state index is 12.9. The van der Waals surface area contributed by atoms with Crippen LogP contribution < -0.4 is 10.4 Å². The van der Waals surface area contributed by atoms with Crippen LogP contribution in [0, 0.1) is 0 Å². The number of carbonyl (C=O) groups excluding carboxylic acids is 1. The lowest BCUT2D eigenvalue weighted by atomic mass is 10.1. The summed E-state index contributed by atoms with van der Waals surface area (Å²) >= 11 is 0. The molecule has 3 rings (SSSR count). The second-order valence-electron chi connectivity index (χ2n) is 6.06. The zero-order chi connectivity index (χ0) is 19.8. The quantitative estimate of drug-likeness (QED) is 0.611. The molecule has 2 aromatic rings. The molecule has 2 N–H and O–H groups in total. The van der Waals surface area contributed by atoms with Gasteiger partial charge in [0.2, 0.25) is 0 Å². The number of nitrogens with zero attached hydrogens (tertiary/aromatic N) is 1. The van der Waals surface area contributed by atoms with Crippen molar-refractivity contribution in [1.29, 1.82) is 0 Å². The van der Waals surface area contributed by atoms with Gasteiger partial charge in [0.1, 0.15) is 0 Å². The molecule has 0 radical (unpaired) electrons. The number of sulfone groups is 1. The number of hydroxylamine groups is 1. The molecular weight excluding hydrogens is 385 g/mol. The van der Waals surface area contributed by atoms with Gasteiger partial charge in [0.25, 0.3) is 5.91 Å². The molecule has 0 saturated carbocycles. The summed E-state index contributed by atoms with van der Waals surface area (Å²) in [6.07, 6.45) is -4.48. The molecule has 2 aromatic carbocycles. The van der Waals surface area contributed by atoms with Crippen molar-refractivity contribution in [2.75, 3.05) is 17.2 Å². The first-order chi connectivity index (χ1) is 12.6. The van der Waals surface area contributed by atoms with E-state index in [0.717, 1.165) is 12.1 Å². The Bertz CT molecular complexity index is 990. The smallest absolute Gasteiger partial charge is 0.365 e. The zero-order valence-electron chi connectivity index (χ0n) is 13.8. The van der Waals surface area contributed by atoms with E-state index >= 15 is 0 Å². The normalized spacial score (nSPS) is 15.9. The van der Waals surface area contributed by atoms with Gasteiger partial charge in [-0.2, -0.15) is 13.2 Å². The molecule has 0 fully saturated rings. The Kier molecular flexibility index (Phi) is 4.87. The fourth-order valence-electron chi connectivity index (χ4n) is 2.92. The predicted octanol–water partition coefficient (Wildman–Crippen LogP) is 2.62. The van der Waals surface area contributed by atoms with Gasteiger partial charge in [0.15, 0.2) is 9.84 Å². The summed E-state index contributed by atoms with van der Waals surface area (Å²) in [6.45, 7) is 0.104. The Hall–Kier alpha value is -2.59. The number of carbonyl (C=O) groups is 1. The maximum Gasteiger partial charge on any atom is 0.416 e. The van der Waals surface area contributed by atoms with Crippen LogP contribution in [0.25, 0.3) is 0 Å². The predicted molar refractivity (Wildman–Crippen MR) is 90.2 cm³/mol. The average molecular weight is 400 g/mol. The minimum absolute atomic E-state index is 0.00443. The molecule has 0 aliphatic carbocycles. The van der Waals surface area contributed by atoms with Crippen LogP contribution in [0.3, 0.4) is 0 Å². The number of amides is 1. The van der Waals surface area contributed by atoms with Gasteiger partial charge >= 0.3 is 6.18 Å². The van der Waals surface area contributed by atoms with E-state index in [1.54, 1.807) is 4.90 Å². The number of rotatable bonds is 3. The lowest BCUT2D eigenvalue weighted by Gasteiger charge is -2.31. The lowest BCUT2D eigenvalue weighted by molar-refractivity contribution is -0.137. The highest BCUT2D eigenvalue weighted by Crippen LogP contribution is 2.34. The van der Waals surface area contributed by atoms with Gasteiger partial charge in [-0.15, -0.1) is 0 Å². The van der Waals surface area contributed by atoms with E-state index < -0.39 is 27.5 Å². The summed E-state index contributed by atoms with van der Waals surface area (Å²) in [6, 6.07) is 8.58. The Labute approximate surface area is 153 Å². The number of hydrogen-bond acceptors (Lipinski definition) is 5. The van der Waals surface area contributed by atoms with E-state index in [1.807, 2.05) is 0 Å². The molecule has 0 aromatic heterocycles. The molecule has 1 amide bonds. The molecule has 1 heterocycles. The fraction of sp³-hybridized carbons (Fsp3) is 0.235. The molecule has 0 saturated heterocycles. The van der Waals surface area contributed by atoms with Crippen LogP contribution in [0.15, 0.2) is 47.4 Å². The van der Waals surface area contributed by atoms with Gasteiger partial charge in [-0.1, -0.05) is 12.1 Å². The van der Waals surface area contributed by atoms with Crippen LogP contribution in [0.1, 0.15) is 21.5 Å². The summed E-state index contributed by atoms with van der Waals surface area (Å²) in [4.78, 5) is 13.2. The minimum Gasteiger partial charge on any atom is -0.365 e. The SMILES string of the molecule is O=C(NO)c1ccc2c(c1)N(Cc1cccc(C(F)(F)F)c1)CCS2(=O)=O. The number of fused-ring (bicyclic) bond motifs is 1. The third-order valence-electron chi connectivity index (χ3n) is 4.26. The molecule has 6 nitrogen and oxygen atoms in total. The van der Waals surface area contributed by atoms with E-state index in [1.165, 1.54) is 35.8 Å². The van der Waals surface area contributed by atoms with E-state index in [2.05, 4.69) is 0 Å². The Morgan fingerprint density at radius 2 is 1.93 bits per heavy atom. The molecule has 144 valence electrons. The minimum atomic E-state index is -4.48. The molecule has 1 aliphatic heterocycles. The second kappa shape index (κ2) is 6.86. The van der Waals surface area contributed by atoms with Crippen molar-refractivity contribution in [2.45, 2.75) is 17.6 Å². The average Bonchev–Trinajstić information content (AvgIpc) is 2.63. The first-order valence-electron chi connectivity index (χ1n) is 7.84. The van der Waals surface area contributed by atoms with Gasteiger partial charge in [0.05, 0.1) is 21.9 Å². The van der Waals surface area contributed by atoms with E-state index in [0.29, 0.717) is 5.56 Å². The van der Waals surface area contributed by atoms with Crippen LogP contribution in [0.2, 0.25) is 0 Å². The molecule has 0 spiro atoms. The summed E-state index contributed by atoms with van der Waals surface area (Å²) < 4.78 is 63.3. The molecule has 0 unspecified atom stereocenters. The van der Waals surface area contributed by atoms with Crippen LogP contribution in [0.4, 0.5) is 18.9 Å². The summed E-state index contributed by atoms with van der Waals surface area (Å²) in [5, 5.41) is 8.76. The van der Waals surface area contributed by atoms with Crippen molar-refractivity contribution in [3.05, 3.63) is 59.2 Å². The molecule has 10 heteroatoms. The third kappa shape index (κ3) is 3.91. The van der Waals surface area contributed by atoms with Crippen molar-refractivity contribution in [3.63, 3.8) is 0 Å². The highest BCUT2D eigenvalue weighted by molar-refractivity contribution is 7.91. The van der Waals surface area contributed by atoms with Crippen molar-refractivity contribution in [3.8, 4) is 0 Å². The second-order valence-corrected chi connectivity index (χ2v) is 8.14. The van der Waals surface area contributed by atoms with Gasteiger partial charge < -0.3 is 4.90 Å². The fourth-order valence-corrected chi connectivity index (χ4v) is 4.39. The van der Waals surface area contributed by atoms with Gasteiger partial charge in [-0.05, 0) is 35.9 Å². The maximum atomic E-state index is 12.9. The zero-order valence-corrected chi connectivity index (χ0v) is 14.6. The molecule has 0 atom stereocenters. The summed E-state index contributed by atoms with van der Waals surface area (Å²) in [5.41, 5.74) is 1.26. The third-order valence-corrected chi connectivity index (χ3v) is 5.99. The topological polar surface area (TPSA) is 86.7 Å². The number of alkyl halides is 3. The van der Waals surface area contributed by atoms with Crippen molar-refractivity contribution >= 4 is 21.4 Å². The molecule has 0 bridgehead atoms. The van der Waals surface area contributed by atoms with Gasteiger partial charge in [0, 0.05) is 18.7 Å². The van der Waals surface area contributed by atoms with Crippen LogP contribution >= 0.6 is 0 Å². The summed E-state index contributed by atoms with van der Waals surface area (Å²) in [5.74, 6) is -1.01. The summed E-state index contributed by atoms with van der Waals surface area (Å²) in [7, 11) is -3.56. The number of anilines is 1. The molecular formula is C17H15F3N2O4S. The van der Waals surface area contributed by atoms with Gasteiger partial charge in [-0.3, -0.25) is 10.0 Å². The van der Waals surface area contributed by atoms with E-state index in [9.17, 15) is 26.4 Å². The Balaban J connectivity index is 2.00. The lowest BCUT2D eigenvalue weighted by Crippen LogP contribution is -2.35. The van der Waals surface area contributed by atoms with Crippen LogP contribution in [0.5, 0.6) is 0 Å². The van der Waals surface area contributed by atoms with Crippen molar-refractivity contribution in [1.82, 2.24) is 5.48 Å². The van der Waals surface area contributed by atoms with E-state index in [-0.39, 0.29) is 35.0 Å². The number of nitrogens with one attached hydrogen (secondary N) is 1. The first kappa shape index (κ1) is 19.2. The van der Waals surface area contributed by atoms with E-state index in [4.69, 9.17) is 5.21 Å². The first-order valence-corrected chi connectivity index (χ1v) is 9.49. The molecule has 27 heavy (non-hydrogen) atoms. The molecule has 1 aliphatic rings. The van der Waals surface area contributed by atoms with Crippen molar-refractivity contribution < 1.29 is 31.6 Å². The highest BCUT2D eigenvalue weighted by atomic mass is 32.2.